The third-order valence-electron chi connectivity index (χ3n) is 4.59. The van der Waals surface area contributed by atoms with Crippen LogP contribution in [0.25, 0.3) is 0 Å². The molecule has 0 bridgehead atoms. The topological polar surface area (TPSA) is 88.2 Å². The zero-order chi connectivity index (χ0) is 21.2. The molecule has 1 aliphatic rings. The minimum atomic E-state index is -3.85. The molecule has 0 aliphatic carbocycles. The van der Waals surface area contributed by atoms with Crippen molar-refractivity contribution in [2.24, 2.45) is 0 Å². The molecule has 0 radical (unpaired) electrons. The summed E-state index contributed by atoms with van der Waals surface area (Å²) >= 11 is 0. The number of hydrogen-bond acceptors (Lipinski definition) is 5. The number of carbonyl (C=O) groups excluding carboxylic acids is 1. The lowest BCUT2D eigenvalue weighted by Gasteiger charge is -2.28. The minimum Gasteiger partial charge on any atom is -0.454 e. The molecule has 0 unspecified atom stereocenters. The van der Waals surface area contributed by atoms with E-state index >= 15 is 0 Å². The van der Waals surface area contributed by atoms with E-state index in [1.54, 1.807) is 18.2 Å². The Morgan fingerprint density at radius 3 is 2.52 bits per heavy atom. The second kappa shape index (κ2) is 8.30. The number of amides is 1. The van der Waals surface area contributed by atoms with Crippen LogP contribution < -0.4 is 19.1 Å². The molecular weight excluding hydrogens is 394 g/mol. The van der Waals surface area contributed by atoms with Gasteiger partial charge in [0.05, 0.1) is 5.69 Å². The fraction of sp³-hybridized carbons (Fsp3) is 0.350. The molecule has 1 heterocycles. The van der Waals surface area contributed by atoms with Crippen molar-refractivity contribution >= 4 is 21.8 Å². The van der Waals surface area contributed by atoms with E-state index in [1.165, 1.54) is 14.1 Å². The first-order valence-corrected chi connectivity index (χ1v) is 10.5. The van der Waals surface area contributed by atoms with E-state index in [1.807, 2.05) is 32.0 Å². The Morgan fingerprint density at radius 2 is 1.79 bits per heavy atom. The van der Waals surface area contributed by atoms with Crippen LogP contribution in [0.2, 0.25) is 0 Å². The maximum Gasteiger partial charge on any atom is 0.304 e. The molecule has 8 nitrogen and oxygen atoms in total. The number of nitrogens with one attached hydrogen (secondary N) is 1. The lowest BCUT2D eigenvalue weighted by atomic mass is 10.1. The molecule has 9 heteroatoms. The first kappa shape index (κ1) is 20.9. The highest BCUT2D eigenvalue weighted by molar-refractivity contribution is 7.90. The minimum absolute atomic E-state index is 0.179. The van der Waals surface area contributed by atoms with Crippen molar-refractivity contribution in [3.8, 4) is 11.5 Å². The summed E-state index contributed by atoms with van der Waals surface area (Å²) in [4.78, 5) is 12.6. The largest absolute Gasteiger partial charge is 0.454 e. The molecular formula is C20H25N3O5S. The van der Waals surface area contributed by atoms with E-state index in [9.17, 15) is 13.2 Å². The van der Waals surface area contributed by atoms with Crippen LogP contribution in [-0.4, -0.2) is 46.1 Å². The highest BCUT2D eigenvalue weighted by Crippen LogP contribution is 2.32. The van der Waals surface area contributed by atoms with Gasteiger partial charge < -0.3 is 14.8 Å². The number of rotatable bonds is 7. The molecule has 0 aromatic heterocycles. The Kier molecular flexibility index (Phi) is 5.99. The summed E-state index contributed by atoms with van der Waals surface area (Å²) in [5.74, 6) is 0.885. The molecule has 2 aromatic rings. The lowest BCUT2D eigenvalue weighted by molar-refractivity contribution is -0.119. The fourth-order valence-electron chi connectivity index (χ4n) is 2.91. The van der Waals surface area contributed by atoms with Crippen molar-refractivity contribution in [1.29, 1.82) is 0 Å². The third kappa shape index (κ3) is 4.63. The molecule has 0 saturated heterocycles. The van der Waals surface area contributed by atoms with Crippen LogP contribution >= 0.6 is 0 Å². The molecule has 2 aromatic carbocycles. The van der Waals surface area contributed by atoms with Crippen molar-refractivity contribution in [3.05, 3.63) is 53.1 Å². The molecule has 3 rings (SSSR count). The van der Waals surface area contributed by atoms with E-state index in [0.717, 1.165) is 25.3 Å². The average Bonchev–Trinajstić information content (AvgIpc) is 3.14. The van der Waals surface area contributed by atoms with Gasteiger partial charge in [-0.05, 0) is 48.7 Å². The number of nitrogens with zero attached hydrogens (tertiary/aromatic N) is 2. The van der Waals surface area contributed by atoms with Gasteiger partial charge in [0.25, 0.3) is 0 Å². The summed E-state index contributed by atoms with van der Waals surface area (Å²) in [6.45, 7) is 3.80. The molecule has 0 spiro atoms. The highest BCUT2D eigenvalue weighted by Gasteiger charge is 2.28. The summed E-state index contributed by atoms with van der Waals surface area (Å²) in [5.41, 5.74) is 2.99. The van der Waals surface area contributed by atoms with Gasteiger partial charge in [0.15, 0.2) is 11.5 Å². The normalized spacial score (nSPS) is 12.9. The Labute approximate surface area is 171 Å². The molecule has 1 N–H and O–H groups in total. The van der Waals surface area contributed by atoms with Crippen LogP contribution in [0.4, 0.5) is 5.69 Å². The molecule has 156 valence electrons. The first-order chi connectivity index (χ1) is 13.7. The van der Waals surface area contributed by atoms with E-state index in [0.29, 0.717) is 17.2 Å². The SMILES string of the molecule is Cc1ccc(C)c(N(CC(=O)NCc2ccc3c(c2)OCO3)S(=O)(=O)N(C)C)c1. The van der Waals surface area contributed by atoms with Crippen molar-refractivity contribution in [1.82, 2.24) is 9.62 Å². The van der Waals surface area contributed by atoms with Crippen LogP contribution in [0.5, 0.6) is 11.5 Å². The van der Waals surface area contributed by atoms with Crippen LogP contribution in [-0.2, 0) is 21.5 Å². The van der Waals surface area contributed by atoms with Crippen LogP contribution in [0.1, 0.15) is 16.7 Å². The van der Waals surface area contributed by atoms with E-state index in [2.05, 4.69) is 5.32 Å². The predicted octanol–water partition coefficient (Wildman–Crippen LogP) is 1.96. The number of anilines is 1. The fourth-order valence-corrected chi connectivity index (χ4v) is 4.03. The Bertz CT molecular complexity index is 1020. The summed E-state index contributed by atoms with van der Waals surface area (Å²) in [5, 5.41) is 2.78. The monoisotopic (exact) mass is 419 g/mol. The quantitative estimate of drug-likeness (QED) is 0.741. The van der Waals surface area contributed by atoms with E-state index in [4.69, 9.17) is 9.47 Å². The zero-order valence-electron chi connectivity index (χ0n) is 16.9. The second-order valence-corrected chi connectivity index (χ2v) is 9.12. The molecule has 1 aliphatic heterocycles. The number of benzene rings is 2. The molecule has 0 saturated carbocycles. The van der Waals surface area contributed by atoms with Crippen molar-refractivity contribution in [3.63, 3.8) is 0 Å². The number of carbonyl (C=O) groups is 1. The van der Waals surface area contributed by atoms with Gasteiger partial charge in [0.1, 0.15) is 6.54 Å². The molecule has 29 heavy (non-hydrogen) atoms. The number of ether oxygens (including phenoxy) is 2. The Balaban J connectivity index is 1.77. The molecule has 0 fully saturated rings. The maximum atomic E-state index is 12.9. The lowest BCUT2D eigenvalue weighted by Crippen LogP contribution is -2.46. The van der Waals surface area contributed by atoms with Gasteiger partial charge in [-0.15, -0.1) is 0 Å². The average molecular weight is 420 g/mol. The van der Waals surface area contributed by atoms with Crippen LogP contribution in [0.15, 0.2) is 36.4 Å². The molecule has 0 atom stereocenters. The highest BCUT2D eigenvalue weighted by atomic mass is 32.2. The first-order valence-electron chi connectivity index (χ1n) is 9.11. The zero-order valence-corrected chi connectivity index (χ0v) is 17.7. The van der Waals surface area contributed by atoms with Gasteiger partial charge >= 0.3 is 10.2 Å². The standard InChI is InChI=1S/C20H25N3O5S/c1-14-5-6-15(2)17(9-14)23(29(25,26)22(3)4)12-20(24)21-11-16-7-8-18-19(10-16)28-13-27-18/h5-10H,11-13H2,1-4H3,(H,21,24). The van der Waals surface area contributed by atoms with Gasteiger partial charge in [-0.1, -0.05) is 18.2 Å². The van der Waals surface area contributed by atoms with Crippen molar-refractivity contribution in [2.75, 3.05) is 31.7 Å². The number of aryl methyl sites for hydroxylation is 2. The number of fused-ring (bicyclic) bond motifs is 1. The Hall–Kier alpha value is -2.78. The van der Waals surface area contributed by atoms with Gasteiger partial charge in [0, 0.05) is 20.6 Å². The summed E-state index contributed by atoms with van der Waals surface area (Å²) in [6.07, 6.45) is 0. The smallest absolute Gasteiger partial charge is 0.304 e. The number of hydrogen-bond donors (Lipinski definition) is 1. The van der Waals surface area contributed by atoms with Crippen molar-refractivity contribution in [2.45, 2.75) is 20.4 Å². The summed E-state index contributed by atoms with van der Waals surface area (Å²) in [7, 11) is -0.963. The third-order valence-corrected chi connectivity index (χ3v) is 6.39. The van der Waals surface area contributed by atoms with Crippen LogP contribution in [0, 0.1) is 13.8 Å². The maximum absolute atomic E-state index is 12.9. The molecule has 1 amide bonds. The van der Waals surface area contributed by atoms with Crippen molar-refractivity contribution < 1.29 is 22.7 Å². The van der Waals surface area contributed by atoms with E-state index < -0.39 is 16.1 Å². The van der Waals surface area contributed by atoms with Gasteiger partial charge in [-0.3, -0.25) is 4.79 Å². The van der Waals surface area contributed by atoms with Crippen LogP contribution in [0.3, 0.4) is 0 Å². The Morgan fingerprint density at radius 1 is 1.07 bits per heavy atom. The van der Waals surface area contributed by atoms with E-state index in [-0.39, 0.29) is 19.9 Å². The van der Waals surface area contributed by atoms with Gasteiger partial charge in [0.2, 0.25) is 12.7 Å². The van der Waals surface area contributed by atoms with Gasteiger partial charge in [-0.2, -0.15) is 12.7 Å². The second-order valence-electron chi connectivity index (χ2n) is 7.05. The predicted molar refractivity (Wildman–Crippen MR) is 110 cm³/mol. The summed E-state index contributed by atoms with van der Waals surface area (Å²) in [6, 6.07) is 10.9. The van der Waals surface area contributed by atoms with Gasteiger partial charge in [-0.25, -0.2) is 4.31 Å². The summed E-state index contributed by atoms with van der Waals surface area (Å²) < 4.78 is 38.6.